The fraction of sp³-hybridized carbons (Fsp3) is 0.562. The Kier molecular flexibility index (Phi) is 6.80. The molecule has 0 atom stereocenters. The maximum atomic E-state index is 12.5. The van der Waals surface area contributed by atoms with E-state index in [-0.39, 0.29) is 24.6 Å². The Hall–Kier alpha value is -2.73. The van der Waals surface area contributed by atoms with Gasteiger partial charge < -0.3 is 20.7 Å². The molecule has 1 saturated heterocycles. The number of primary amides is 1. The van der Waals surface area contributed by atoms with Crippen LogP contribution in [-0.4, -0.2) is 60.0 Å². The molecule has 29 heavy (non-hydrogen) atoms. The molecular weight excluding hydrogens is 410 g/mol. The summed E-state index contributed by atoms with van der Waals surface area (Å²) in [6.45, 7) is 0.274. The van der Waals surface area contributed by atoms with Crippen molar-refractivity contribution in [2.24, 2.45) is 11.7 Å². The van der Waals surface area contributed by atoms with E-state index in [1.165, 1.54) is 18.3 Å². The van der Waals surface area contributed by atoms with Crippen molar-refractivity contribution < 1.29 is 40.7 Å². The quantitative estimate of drug-likeness (QED) is 0.703. The van der Waals surface area contributed by atoms with Gasteiger partial charge >= 0.3 is 18.4 Å². The molecule has 0 aliphatic carbocycles. The number of nitrogens with two attached hydrogens (primary N) is 1. The summed E-state index contributed by atoms with van der Waals surface area (Å²) in [6.07, 6.45) is -15.3. The lowest BCUT2D eigenvalue weighted by Gasteiger charge is -2.33. The van der Waals surface area contributed by atoms with E-state index in [1.54, 1.807) is 0 Å². The van der Waals surface area contributed by atoms with Crippen molar-refractivity contribution in [3.63, 3.8) is 0 Å². The van der Waals surface area contributed by atoms with Crippen molar-refractivity contribution in [3.05, 3.63) is 23.9 Å². The highest BCUT2D eigenvalue weighted by molar-refractivity contribution is 5.93. The van der Waals surface area contributed by atoms with E-state index in [2.05, 4.69) is 15.0 Å². The van der Waals surface area contributed by atoms with Gasteiger partial charge in [-0.2, -0.15) is 26.3 Å². The summed E-state index contributed by atoms with van der Waals surface area (Å²) in [4.78, 5) is 27.7. The highest BCUT2D eigenvalue weighted by Crippen LogP contribution is 2.36. The molecule has 1 aromatic rings. The molecule has 7 nitrogen and oxygen atoms in total. The molecule has 1 fully saturated rings. The Morgan fingerprint density at radius 3 is 2.31 bits per heavy atom. The van der Waals surface area contributed by atoms with E-state index >= 15 is 0 Å². The molecule has 2 amide bonds. The molecule has 3 N–H and O–H groups in total. The maximum Gasteiger partial charge on any atom is 0.434 e. The molecule has 0 aromatic carbocycles. The zero-order valence-corrected chi connectivity index (χ0v) is 14.9. The number of alkyl halides is 6. The summed E-state index contributed by atoms with van der Waals surface area (Å²) in [5.41, 5.74) is 5.42. The number of carbonyl (C=O) groups is 2. The summed E-state index contributed by atoms with van der Waals surface area (Å²) < 4.78 is 78.6. The number of nitrogens with one attached hydrogen (secondary N) is 1. The second-order valence-corrected chi connectivity index (χ2v) is 6.45. The van der Waals surface area contributed by atoms with Gasteiger partial charge in [-0.05, 0) is 30.9 Å². The van der Waals surface area contributed by atoms with E-state index < -0.39 is 30.5 Å². The number of halogens is 6. The van der Waals surface area contributed by atoms with Gasteiger partial charge in [-0.1, -0.05) is 0 Å². The van der Waals surface area contributed by atoms with Crippen molar-refractivity contribution in [2.75, 3.05) is 25.0 Å². The first-order chi connectivity index (χ1) is 13.4. The molecule has 0 radical (unpaired) electrons. The van der Waals surface area contributed by atoms with Gasteiger partial charge in [-0.25, -0.2) is 9.78 Å². The van der Waals surface area contributed by atoms with Crippen LogP contribution in [0.2, 0.25) is 0 Å². The third-order valence-electron chi connectivity index (χ3n) is 4.30. The molecule has 1 aliphatic heterocycles. The van der Waals surface area contributed by atoms with Crippen molar-refractivity contribution in [1.82, 2.24) is 9.88 Å². The SMILES string of the molecule is NC(=O)c1ccnc(NCC2CCN(C(=O)OC(C(F)(F)F)C(F)(F)F)CC2)c1. The molecule has 2 rings (SSSR count). The lowest BCUT2D eigenvalue weighted by atomic mass is 9.97. The van der Waals surface area contributed by atoms with Crippen molar-refractivity contribution >= 4 is 17.8 Å². The van der Waals surface area contributed by atoms with Crippen LogP contribution in [0.3, 0.4) is 0 Å². The highest BCUT2D eigenvalue weighted by atomic mass is 19.4. The van der Waals surface area contributed by atoms with Crippen LogP contribution in [0.25, 0.3) is 0 Å². The molecule has 0 unspecified atom stereocenters. The van der Waals surface area contributed by atoms with Crippen LogP contribution in [0.1, 0.15) is 23.2 Å². The molecule has 0 spiro atoms. The Labute approximate surface area is 161 Å². The number of amides is 2. The van der Waals surface area contributed by atoms with Crippen molar-refractivity contribution in [3.8, 4) is 0 Å². The number of carbonyl (C=O) groups excluding carboxylic acids is 2. The second-order valence-electron chi connectivity index (χ2n) is 6.45. The Balaban J connectivity index is 1.84. The van der Waals surface area contributed by atoms with Gasteiger partial charge in [-0.15, -0.1) is 0 Å². The molecule has 13 heteroatoms. The average Bonchev–Trinajstić information content (AvgIpc) is 2.63. The smallest absolute Gasteiger partial charge is 0.426 e. The van der Waals surface area contributed by atoms with Crippen LogP contribution in [0.4, 0.5) is 37.0 Å². The minimum Gasteiger partial charge on any atom is -0.426 e. The van der Waals surface area contributed by atoms with Gasteiger partial charge in [0, 0.05) is 31.4 Å². The second kappa shape index (κ2) is 8.74. The van der Waals surface area contributed by atoms with Gasteiger partial charge in [-0.3, -0.25) is 4.79 Å². The number of anilines is 1. The molecule has 2 heterocycles. The number of hydrogen-bond donors (Lipinski definition) is 2. The first-order valence-corrected chi connectivity index (χ1v) is 8.46. The number of aromatic nitrogens is 1. The number of nitrogens with zero attached hydrogens (tertiary/aromatic N) is 2. The summed E-state index contributed by atoms with van der Waals surface area (Å²) in [6, 6.07) is 2.88. The molecular formula is C16H18F6N4O3. The predicted octanol–water partition coefficient (Wildman–Crippen LogP) is 2.93. The summed E-state index contributed by atoms with van der Waals surface area (Å²) in [5.74, 6) is -0.251. The van der Waals surface area contributed by atoms with E-state index in [9.17, 15) is 35.9 Å². The Bertz CT molecular complexity index is 718. The summed E-state index contributed by atoms with van der Waals surface area (Å²) in [7, 11) is 0. The summed E-state index contributed by atoms with van der Waals surface area (Å²) in [5, 5.41) is 2.97. The molecule has 0 bridgehead atoms. The van der Waals surface area contributed by atoms with Gasteiger partial charge in [0.15, 0.2) is 0 Å². The predicted molar refractivity (Wildman–Crippen MR) is 87.9 cm³/mol. The normalized spacial score (nSPS) is 16.0. The number of likely N-dealkylation sites (tertiary alicyclic amines) is 1. The maximum absolute atomic E-state index is 12.5. The van der Waals surface area contributed by atoms with Crippen LogP contribution < -0.4 is 11.1 Å². The fourth-order valence-electron chi connectivity index (χ4n) is 2.74. The lowest BCUT2D eigenvalue weighted by molar-refractivity contribution is -0.308. The summed E-state index contributed by atoms with van der Waals surface area (Å²) >= 11 is 0. The van der Waals surface area contributed by atoms with Crippen molar-refractivity contribution in [1.29, 1.82) is 0 Å². The molecule has 1 aromatic heterocycles. The number of rotatable bonds is 5. The molecule has 0 saturated carbocycles. The first kappa shape index (κ1) is 22.6. The average molecular weight is 428 g/mol. The number of pyridine rings is 1. The third-order valence-corrected chi connectivity index (χ3v) is 4.30. The minimum absolute atomic E-state index is 0.0147. The van der Waals surface area contributed by atoms with Gasteiger partial charge in [0.1, 0.15) is 5.82 Å². The van der Waals surface area contributed by atoms with Gasteiger partial charge in [0.05, 0.1) is 0 Å². The Morgan fingerprint density at radius 1 is 1.21 bits per heavy atom. The van der Waals surface area contributed by atoms with Crippen LogP contribution in [0.15, 0.2) is 18.3 Å². The van der Waals surface area contributed by atoms with E-state index in [1.807, 2.05) is 0 Å². The van der Waals surface area contributed by atoms with Crippen LogP contribution in [0.5, 0.6) is 0 Å². The zero-order chi connectivity index (χ0) is 21.8. The number of ether oxygens (including phenoxy) is 1. The van der Waals surface area contributed by atoms with Crippen LogP contribution in [0, 0.1) is 5.92 Å². The van der Waals surface area contributed by atoms with Crippen LogP contribution >= 0.6 is 0 Å². The third kappa shape index (κ3) is 6.39. The monoisotopic (exact) mass is 428 g/mol. The van der Waals surface area contributed by atoms with Gasteiger partial charge in [0.25, 0.3) is 6.10 Å². The van der Waals surface area contributed by atoms with Gasteiger partial charge in [0.2, 0.25) is 5.91 Å². The topological polar surface area (TPSA) is 97.5 Å². The largest absolute Gasteiger partial charge is 0.434 e. The first-order valence-electron chi connectivity index (χ1n) is 8.46. The number of piperidine rings is 1. The number of hydrogen-bond acceptors (Lipinski definition) is 5. The standard InChI is InChI=1S/C16H18F6N4O3/c17-15(18,19)13(16(20,21)22)29-14(28)26-5-2-9(3-6-26)8-25-11-7-10(12(23)27)1-4-24-11/h1,4,7,9,13H,2-3,5-6,8H2,(H2,23,27)(H,24,25). The van der Waals surface area contributed by atoms with E-state index in [0.717, 1.165) is 4.90 Å². The fourth-order valence-corrected chi connectivity index (χ4v) is 2.74. The molecule has 162 valence electrons. The Morgan fingerprint density at radius 2 is 1.79 bits per heavy atom. The lowest BCUT2D eigenvalue weighted by Crippen LogP contribution is -2.49. The minimum atomic E-state index is -5.75. The highest BCUT2D eigenvalue weighted by Gasteiger charge is 2.60. The zero-order valence-electron chi connectivity index (χ0n) is 14.9. The van der Waals surface area contributed by atoms with E-state index in [0.29, 0.717) is 25.2 Å². The van der Waals surface area contributed by atoms with Crippen molar-refractivity contribution in [2.45, 2.75) is 31.3 Å². The van der Waals surface area contributed by atoms with E-state index in [4.69, 9.17) is 5.73 Å². The van der Waals surface area contributed by atoms with Crippen LogP contribution in [-0.2, 0) is 4.74 Å². The molecule has 1 aliphatic rings.